The third kappa shape index (κ3) is 3.32. The number of hydrogen-bond donors (Lipinski definition) is 1. The Labute approximate surface area is 147 Å². The van der Waals surface area contributed by atoms with Crippen LogP contribution in [0, 0.1) is 0 Å². The van der Waals surface area contributed by atoms with E-state index >= 15 is 0 Å². The number of amides is 1. The van der Waals surface area contributed by atoms with Gasteiger partial charge in [0, 0.05) is 18.5 Å². The van der Waals surface area contributed by atoms with Gasteiger partial charge in [0.25, 0.3) is 5.91 Å². The summed E-state index contributed by atoms with van der Waals surface area (Å²) in [5.74, 6) is 1.56. The molecule has 0 aliphatic heterocycles. The first-order valence-electron chi connectivity index (χ1n) is 9.38. The van der Waals surface area contributed by atoms with E-state index in [1.165, 1.54) is 19.3 Å². The normalized spacial score (nSPS) is 18.1. The van der Waals surface area contributed by atoms with E-state index in [4.69, 9.17) is 4.52 Å². The van der Waals surface area contributed by atoms with Crippen molar-refractivity contribution in [1.29, 1.82) is 0 Å². The molecule has 2 aromatic rings. The minimum atomic E-state index is -0.115. The molecule has 2 aromatic heterocycles. The van der Waals surface area contributed by atoms with Gasteiger partial charge in [0.1, 0.15) is 5.69 Å². The van der Waals surface area contributed by atoms with Gasteiger partial charge in [-0.25, -0.2) is 0 Å². The molecule has 1 fully saturated rings. The second-order valence-corrected chi connectivity index (χ2v) is 7.17. The summed E-state index contributed by atoms with van der Waals surface area (Å²) >= 11 is 0. The molecular formula is C18H25N5O2. The van der Waals surface area contributed by atoms with E-state index in [1.807, 2.05) is 7.05 Å². The van der Waals surface area contributed by atoms with E-state index < -0.39 is 0 Å². The Morgan fingerprint density at radius 2 is 2.00 bits per heavy atom. The number of nitrogens with one attached hydrogen (secondary N) is 1. The van der Waals surface area contributed by atoms with E-state index in [0.717, 1.165) is 55.6 Å². The summed E-state index contributed by atoms with van der Waals surface area (Å²) in [7, 11) is 1.83. The molecule has 0 saturated heterocycles. The molecular weight excluding hydrogens is 318 g/mol. The summed E-state index contributed by atoms with van der Waals surface area (Å²) in [6.07, 6.45) is 10.2. The van der Waals surface area contributed by atoms with Crippen molar-refractivity contribution in [2.45, 2.75) is 70.3 Å². The molecule has 2 heterocycles. The molecule has 0 aromatic carbocycles. The number of nitrogens with zero attached hydrogens (tertiary/aromatic N) is 4. The Balaban J connectivity index is 1.41. The lowest BCUT2D eigenvalue weighted by atomic mass is 9.89. The molecule has 4 rings (SSSR count). The number of hydrogen-bond acceptors (Lipinski definition) is 5. The molecule has 0 spiro atoms. The van der Waals surface area contributed by atoms with Crippen molar-refractivity contribution in [1.82, 2.24) is 25.2 Å². The zero-order valence-electron chi connectivity index (χ0n) is 14.8. The summed E-state index contributed by atoms with van der Waals surface area (Å²) < 4.78 is 7.03. The zero-order chi connectivity index (χ0) is 17.2. The predicted molar refractivity (Wildman–Crippen MR) is 91.1 cm³/mol. The van der Waals surface area contributed by atoms with E-state index in [2.05, 4.69) is 20.6 Å². The lowest BCUT2D eigenvalue weighted by molar-refractivity contribution is 0.0935. The molecule has 1 amide bonds. The second-order valence-electron chi connectivity index (χ2n) is 7.17. The molecule has 1 N–H and O–H groups in total. The standard InChI is InChI=1S/C18H25N5O2/c1-23-16(13-9-5-6-10-14(13)21-23)18(24)19-11-15-20-17(22-25-15)12-7-3-2-4-8-12/h12H,2-11H2,1H3,(H,19,24). The Morgan fingerprint density at radius 3 is 2.84 bits per heavy atom. The van der Waals surface area contributed by atoms with Crippen molar-refractivity contribution in [3.8, 4) is 0 Å². The second kappa shape index (κ2) is 6.98. The van der Waals surface area contributed by atoms with Crippen LogP contribution in [-0.2, 0) is 26.4 Å². The van der Waals surface area contributed by atoms with Crippen LogP contribution in [0.4, 0.5) is 0 Å². The fraction of sp³-hybridized carbons (Fsp3) is 0.667. The van der Waals surface area contributed by atoms with Gasteiger partial charge in [-0.2, -0.15) is 10.1 Å². The van der Waals surface area contributed by atoms with E-state index in [0.29, 0.717) is 17.5 Å². The predicted octanol–water partition coefficient (Wildman–Crippen LogP) is 2.66. The third-order valence-electron chi connectivity index (χ3n) is 5.39. The van der Waals surface area contributed by atoms with Crippen molar-refractivity contribution in [3.05, 3.63) is 28.7 Å². The van der Waals surface area contributed by atoms with Crippen LogP contribution in [0.15, 0.2) is 4.52 Å². The Morgan fingerprint density at radius 1 is 1.20 bits per heavy atom. The maximum absolute atomic E-state index is 12.6. The van der Waals surface area contributed by atoms with Gasteiger partial charge in [-0.3, -0.25) is 9.48 Å². The van der Waals surface area contributed by atoms with Crippen LogP contribution < -0.4 is 5.32 Å². The number of carbonyl (C=O) groups excluding carboxylic acids is 1. The van der Waals surface area contributed by atoms with E-state index in [-0.39, 0.29) is 12.5 Å². The summed E-state index contributed by atoms with van der Waals surface area (Å²) in [5, 5.41) is 11.5. The van der Waals surface area contributed by atoms with Crippen LogP contribution in [0.2, 0.25) is 0 Å². The molecule has 134 valence electrons. The van der Waals surface area contributed by atoms with Gasteiger partial charge in [0.05, 0.1) is 12.2 Å². The van der Waals surface area contributed by atoms with Gasteiger partial charge in [0.15, 0.2) is 5.82 Å². The van der Waals surface area contributed by atoms with Crippen LogP contribution in [0.5, 0.6) is 0 Å². The van der Waals surface area contributed by atoms with Gasteiger partial charge in [-0.05, 0) is 38.5 Å². The summed E-state index contributed by atoms with van der Waals surface area (Å²) in [5.41, 5.74) is 2.83. The Hall–Kier alpha value is -2.18. The van der Waals surface area contributed by atoms with Gasteiger partial charge < -0.3 is 9.84 Å². The van der Waals surface area contributed by atoms with Crippen molar-refractivity contribution in [2.24, 2.45) is 7.05 Å². The van der Waals surface area contributed by atoms with Gasteiger partial charge >= 0.3 is 0 Å². The number of carbonyl (C=O) groups is 1. The van der Waals surface area contributed by atoms with Crippen LogP contribution in [0.25, 0.3) is 0 Å². The summed E-state index contributed by atoms with van der Waals surface area (Å²) in [4.78, 5) is 17.1. The molecule has 0 atom stereocenters. The quantitative estimate of drug-likeness (QED) is 0.922. The molecule has 0 radical (unpaired) electrons. The maximum Gasteiger partial charge on any atom is 0.270 e. The minimum absolute atomic E-state index is 0.115. The number of aryl methyl sites for hydroxylation is 2. The molecule has 2 aliphatic rings. The fourth-order valence-electron chi connectivity index (χ4n) is 4.07. The van der Waals surface area contributed by atoms with Crippen LogP contribution in [0.1, 0.15) is 84.3 Å². The first kappa shape index (κ1) is 16.3. The molecule has 0 unspecified atom stereocenters. The molecule has 7 heteroatoms. The Bertz CT molecular complexity index is 758. The molecule has 0 bridgehead atoms. The highest BCUT2D eigenvalue weighted by Crippen LogP contribution is 2.30. The third-order valence-corrected chi connectivity index (χ3v) is 5.39. The SMILES string of the molecule is Cn1nc2c(c1C(=O)NCc1nc(C3CCCCC3)no1)CCCC2. The fourth-order valence-corrected chi connectivity index (χ4v) is 4.07. The zero-order valence-corrected chi connectivity index (χ0v) is 14.8. The van der Waals surface area contributed by atoms with Gasteiger partial charge in [0.2, 0.25) is 5.89 Å². The highest BCUT2D eigenvalue weighted by atomic mass is 16.5. The first-order chi connectivity index (χ1) is 12.2. The largest absolute Gasteiger partial charge is 0.342 e. The monoisotopic (exact) mass is 343 g/mol. The summed E-state index contributed by atoms with van der Waals surface area (Å²) in [6.45, 7) is 0.262. The van der Waals surface area contributed by atoms with Crippen molar-refractivity contribution in [2.75, 3.05) is 0 Å². The topological polar surface area (TPSA) is 85.8 Å². The minimum Gasteiger partial charge on any atom is -0.342 e. The van der Waals surface area contributed by atoms with Crippen molar-refractivity contribution >= 4 is 5.91 Å². The maximum atomic E-state index is 12.6. The highest BCUT2D eigenvalue weighted by molar-refractivity contribution is 5.94. The molecule has 25 heavy (non-hydrogen) atoms. The van der Waals surface area contributed by atoms with E-state index in [1.54, 1.807) is 4.68 Å². The van der Waals surface area contributed by atoms with Gasteiger partial charge in [-0.1, -0.05) is 24.4 Å². The number of rotatable bonds is 4. The average molecular weight is 343 g/mol. The van der Waals surface area contributed by atoms with Crippen molar-refractivity contribution < 1.29 is 9.32 Å². The number of fused-ring (bicyclic) bond motifs is 1. The van der Waals surface area contributed by atoms with Crippen LogP contribution in [0.3, 0.4) is 0 Å². The van der Waals surface area contributed by atoms with Crippen LogP contribution in [-0.4, -0.2) is 25.8 Å². The lowest BCUT2D eigenvalue weighted by Crippen LogP contribution is -2.26. The van der Waals surface area contributed by atoms with E-state index in [9.17, 15) is 4.79 Å². The highest BCUT2D eigenvalue weighted by Gasteiger charge is 2.25. The first-order valence-corrected chi connectivity index (χ1v) is 9.38. The number of aromatic nitrogens is 4. The molecule has 2 aliphatic carbocycles. The molecule has 1 saturated carbocycles. The summed E-state index contributed by atoms with van der Waals surface area (Å²) in [6, 6.07) is 0. The average Bonchev–Trinajstić information content (AvgIpc) is 3.24. The van der Waals surface area contributed by atoms with Crippen LogP contribution >= 0.6 is 0 Å². The molecule has 7 nitrogen and oxygen atoms in total. The Kier molecular flexibility index (Phi) is 4.55. The van der Waals surface area contributed by atoms with Crippen molar-refractivity contribution in [3.63, 3.8) is 0 Å². The smallest absolute Gasteiger partial charge is 0.270 e. The lowest BCUT2D eigenvalue weighted by Gasteiger charge is -2.17. The van der Waals surface area contributed by atoms with Gasteiger partial charge in [-0.15, -0.1) is 0 Å².